The van der Waals surface area contributed by atoms with E-state index in [4.69, 9.17) is 5.11 Å². The van der Waals surface area contributed by atoms with E-state index in [1.165, 1.54) is 45.2 Å². The summed E-state index contributed by atoms with van der Waals surface area (Å²) in [5, 5.41) is 9.14. The van der Waals surface area contributed by atoms with Gasteiger partial charge in [-0.15, -0.1) is 0 Å². The molecule has 1 rings (SSSR count). The van der Waals surface area contributed by atoms with Crippen molar-refractivity contribution in [2.75, 3.05) is 13.6 Å². The van der Waals surface area contributed by atoms with Gasteiger partial charge in [-0.1, -0.05) is 6.92 Å². The molecule has 1 aromatic carbocycles. The lowest BCUT2D eigenvalue weighted by molar-refractivity contribution is -0.147. The Labute approximate surface area is 130 Å². The minimum atomic E-state index is -3.58. The Hall–Kier alpha value is -1.93. The first-order valence-corrected chi connectivity index (χ1v) is 8.13. The first kappa shape index (κ1) is 18.1. The van der Waals surface area contributed by atoms with Crippen LogP contribution in [0.25, 0.3) is 0 Å². The molecule has 8 heteroatoms. The predicted octanol–water partition coefficient (Wildman–Crippen LogP) is 0.920. The number of hydrogen-bond acceptors (Lipinski definition) is 4. The third-order valence-electron chi connectivity index (χ3n) is 3.41. The molecular formula is C14H20N2O5S. The maximum absolute atomic E-state index is 12.3. The highest BCUT2D eigenvalue weighted by Crippen LogP contribution is 2.18. The van der Waals surface area contributed by atoms with E-state index >= 15 is 0 Å². The first-order valence-electron chi connectivity index (χ1n) is 6.65. The molecule has 0 aliphatic rings. The summed E-state index contributed by atoms with van der Waals surface area (Å²) in [6.07, 6.45) is 0. The Balaban J connectivity index is 3.06. The second-order valence-electron chi connectivity index (χ2n) is 5.25. The molecule has 0 aliphatic carbocycles. The molecule has 22 heavy (non-hydrogen) atoms. The molecule has 7 nitrogen and oxygen atoms in total. The Morgan fingerprint density at radius 1 is 1.23 bits per heavy atom. The van der Waals surface area contributed by atoms with Crippen molar-refractivity contribution in [3.8, 4) is 0 Å². The van der Waals surface area contributed by atoms with E-state index in [1.807, 2.05) is 0 Å². The number of nitrogens with one attached hydrogen (secondary N) is 1. The van der Waals surface area contributed by atoms with Crippen LogP contribution in [-0.2, 0) is 14.8 Å². The van der Waals surface area contributed by atoms with Crippen LogP contribution in [-0.4, -0.2) is 49.4 Å². The van der Waals surface area contributed by atoms with E-state index in [9.17, 15) is 18.0 Å². The molecule has 0 heterocycles. The standard InChI is InChI=1S/C14H20N2O5S/c1-5-15-22(20,21)11-8-6-10(7-9-11)12(17)16(4)14(2,3)13(18)19/h6-9,15H,5H2,1-4H3,(H,18,19). The van der Waals surface area contributed by atoms with Crippen LogP contribution in [0, 0.1) is 0 Å². The molecule has 1 amide bonds. The van der Waals surface area contributed by atoms with Crippen LogP contribution in [0.3, 0.4) is 0 Å². The van der Waals surface area contributed by atoms with E-state index in [0.29, 0.717) is 0 Å². The Morgan fingerprint density at radius 2 is 1.73 bits per heavy atom. The van der Waals surface area contributed by atoms with E-state index in [1.54, 1.807) is 6.92 Å². The van der Waals surface area contributed by atoms with Crippen molar-refractivity contribution in [2.24, 2.45) is 0 Å². The van der Waals surface area contributed by atoms with Crippen molar-refractivity contribution in [3.63, 3.8) is 0 Å². The van der Waals surface area contributed by atoms with Gasteiger partial charge < -0.3 is 10.0 Å². The quantitative estimate of drug-likeness (QED) is 0.808. The second-order valence-corrected chi connectivity index (χ2v) is 7.02. The molecule has 0 aromatic heterocycles. The minimum absolute atomic E-state index is 0.0473. The maximum atomic E-state index is 12.3. The number of carbonyl (C=O) groups excluding carboxylic acids is 1. The summed E-state index contributed by atoms with van der Waals surface area (Å²) < 4.78 is 26.0. The zero-order chi connectivity index (χ0) is 17.1. The number of amides is 1. The molecule has 0 unspecified atom stereocenters. The average Bonchev–Trinajstić information content (AvgIpc) is 2.45. The van der Waals surface area contributed by atoms with Crippen molar-refractivity contribution in [1.29, 1.82) is 0 Å². The van der Waals surface area contributed by atoms with Crippen molar-refractivity contribution in [2.45, 2.75) is 31.2 Å². The topological polar surface area (TPSA) is 104 Å². The highest BCUT2D eigenvalue weighted by atomic mass is 32.2. The van der Waals surface area contributed by atoms with E-state index in [2.05, 4.69) is 4.72 Å². The lowest BCUT2D eigenvalue weighted by atomic mass is 10.0. The molecule has 2 N–H and O–H groups in total. The van der Waals surface area contributed by atoms with Crippen LogP contribution >= 0.6 is 0 Å². The number of likely N-dealkylation sites (N-methyl/N-ethyl adjacent to an activating group) is 1. The second kappa shape index (κ2) is 6.45. The molecule has 0 bridgehead atoms. The van der Waals surface area contributed by atoms with E-state index in [-0.39, 0.29) is 17.0 Å². The molecule has 122 valence electrons. The van der Waals surface area contributed by atoms with Gasteiger partial charge in [0.05, 0.1) is 4.90 Å². The van der Waals surface area contributed by atoms with Crippen molar-refractivity contribution < 1.29 is 23.1 Å². The van der Waals surface area contributed by atoms with Gasteiger partial charge in [0, 0.05) is 19.2 Å². The summed E-state index contributed by atoms with van der Waals surface area (Å²) in [7, 11) is -2.20. The van der Waals surface area contributed by atoms with Crippen LogP contribution in [0.4, 0.5) is 0 Å². The van der Waals surface area contributed by atoms with Crippen LogP contribution in [0.15, 0.2) is 29.2 Å². The fourth-order valence-corrected chi connectivity index (χ4v) is 2.68. The van der Waals surface area contributed by atoms with Gasteiger partial charge in [-0.2, -0.15) is 0 Å². The number of carboxylic acids is 1. The molecule has 0 saturated heterocycles. The van der Waals surface area contributed by atoms with Crippen molar-refractivity contribution >= 4 is 21.9 Å². The highest BCUT2D eigenvalue weighted by molar-refractivity contribution is 7.89. The number of aliphatic carboxylic acids is 1. The third kappa shape index (κ3) is 3.63. The normalized spacial score (nSPS) is 12.0. The van der Waals surface area contributed by atoms with Crippen LogP contribution < -0.4 is 4.72 Å². The zero-order valence-corrected chi connectivity index (χ0v) is 13.8. The van der Waals surface area contributed by atoms with E-state index < -0.39 is 27.4 Å². The number of carboxylic acid groups (broad SMARTS) is 1. The van der Waals surface area contributed by atoms with Gasteiger partial charge in [0.25, 0.3) is 5.91 Å². The van der Waals surface area contributed by atoms with Gasteiger partial charge in [-0.3, -0.25) is 4.79 Å². The monoisotopic (exact) mass is 328 g/mol. The van der Waals surface area contributed by atoms with Gasteiger partial charge in [0.2, 0.25) is 10.0 Å². The molecule has 0 atom stereocenters. The van der Waals surface area contributed by atoms with Gasteiger partial charge in [-0.05, 0) is 38.1 Å². The molecule has 1 aromatic rings. The summed E-state index contributed by atoms with van der Waals surface area (Å²) in [4.78, 5) is 24.6. The van der Waals surface area contributed by atoms with Gasteiger partial charge in [-0.25, -0.2) is 17.9 Å². The van der Waals surface area contributed by atoms with Crippen molar-refractivity contribution in [3.05, 3.63) is 29.8 Å². The van der Waals surface area contributed by atoms with Gasteiger partial charge in [0.1, 0.15) is 5.54 Å². The Kier molecular flexibility index (Phi) is 5.31. The molecule has 0 aliphatic heterocycles. The largest absolute Gasteiger partial charge is 0.480 e. The Morgan fingerprint density at radius 3 is 2.14 bits per heavy atom. The molecule has 0 spiro atoms. The van der Waals surface area contributed by atoms with Gasteiger partial charge >= 0.3 is 5.97 Å². The summed E-state index contributed by atoms with van der Waals surface area (Å²) in [5.41, 5.74) is -1.15. The highest BCUT2D eigenvalue weighted by Gasteiger charge is 2.35. The summed E-state index contributed by atoms with van der Waals surface area (Å²) in [6, 6.07) is 5.35. The maximum Gasteiger partial charge on any atom is 0.329 e. The number of sulfonamides is 1. The van der Waals surface area contributed by atoms with E-state index in [0.717, 1.165) is 4.90 Å². The first-order chi connectivity index (χ1) is 10.0. The molecule has 0 radical (unpaired) electrons. The molecule has 0 saturated carbocycles. The fourth-order valence-electron chi connectivity index (χ4n) is 1.64. The fraction of sp³-hybridized carbons (Fsp3) is 0.429. The average molecular weight is 328 g/mol. The number of rotatable bonds is 6. The van der Waals surface area contributed by atoms with Crippen LogP contribution in [0.2, 0.25) is 0 Å². The molecule has 0 fully saturated rings. The van der Waals surface area contributed by atoms with Crippen LogP contribution in [0.5, 0.6) is 0 Å². The number of nitrogens with zero attached hydrogens (tertiary/aromatic N) is 1. The predicted molar refractivity (Wildman–Crippen MR) is 81.1 cm³/mol. The summed E-state index contributed by atoms with van der Waals surface area (Å²) in [6.45, 7) is 4.76. The number of benzene rings is 1. The molecular weight excluding hydrogens is 308 g/mol. The van der Waals surface area contributed by atoms with Crippen LogP contribution in [0.1, 0.15) is 31.1 Å². The summed E-state index contributed by atoms with van der Waals surface area (Å²) in [5.74, 6) is -1.63. The van der Waals surface area contributed by atoms with Gasteiger partial charge in [0.15, 0.2) is 0 Å². The smallest absolute Gasteiger partial charge is 0.329 e. The lowest BCUT2D eigenvalue weighted by Gasteiger charge is -2.31. The third-order valence-corrected chi connectivity index (χ3v) is 4.97. The minimum Gasteiger partial charge on any atom is -0.480 e. The SMILES string of the molecule is CCNS(=O)(=O)c1ccc(C(=O)N(C)C(C)(C)C(=O)O)cc1. The Bertz CT molecular complexity index is 665. The zero-order valence-electron chi connectivity index (χ0n) is 13.0. The summed E-state index contributed by atoms with van der Waals surface area (Å²) >= 11 is 0. The van der Waals surface area contributed by atoms with Crippen molar-refractivity contribution in [1.82, 2.24) is 9.62 Å². The lowest BCUT2D eigenvalue weighted by Crippen LogP contribution is -2.50. The number of carbonyl (C=O) groups is 2. The number of hydrogen-bond donors (Lipinski definition) is 2.